The second-order valence-corrected chi connectivity index (χ2v) is 6.26. The van der Waals surface area contributed by atoms with Crippen LogP contribution in [0.25, 0.3) is 0 Å². The summed E-state index contributed by atoms with van der Waals surface area (Å²) in [6, 6.07) is 6.53. The predicted octanol–water partition coefficient (Wildman–Crippen LogP) is 4.06. The molecule has 0 amide bonds. The summed E-state index contributed by atoms with van der Waals surface area (Å²) in [5.41, 5.74) is 2.70. The van der Waals surface area contributed by atoms with E-state index in [0.717, 1.165) is 25.3 Å². The Kier molecular flexibility index (Phi) is 6.36. The Hall–Kier alpha value is -1.02. The van der Waals surface area contributed by atoms with Crippen LogP contribution in [0.2, 0.25) is 0 Å². The van der Waals surface area contributed by atoms with E-state index in [-0.39, 0.29) is 5.41 Å². The molecular formula is C17H29NO. The van der Waals surface area contributed by atoms with Gasteiger partial charge in [-0.1, -0.05) is 32.9 Å². The Balaban J connectivity index is 2.54. The van der Waals surface area contributed by atoms with Crippen LogP contribution in [-0.2, 0) is 5.41 Å². The second kappa shape index (κ2) is 7.54. The van der Waals surface area contributed by atoms with Crippen LogP contribution in [0.1, 0.15) is 51.2 Å². The number of nitrogens with one attached hydrogen (secondary N) is 1. The first-order valence-electron chi connectivity index (χ1n) is 7.33. The predicted molar refractivity (Wildman–Crippen MR) is 83.2 cm³/mol. The van der Waals surface area contributed by atoms with E-state index in [4.69, 9.17) is 4.74 Å². The Morgan fingerprint density at radius 3 is 2.47 bits per heavy atom. The molecule has 0 aliphatic heterocycles. The average molecular weight is 263 g/mol. The van der Waals surface area contributed by atoms with Gasteiger partial charge in [0.05, 0.1) is 6.61 Å². The third kappa shape index (κ3) is 5.65. The highest BCUT2D eigenvalue weighted by molar-refractivity contribution is 5.41. The molecule has 1 aromatic rings. The first kappa shape index (κ1) is 16.0. The summed E-state index contributed by atoms with van der Waals surface area (Å²) in [4.78, 5) is 0. The lowest BCUT2D eigenvalue weighted by atomic mass is 9.86. The van der Waals surface area contributed by atoms with Gasteiger partial charge >= 0.3 is 0 Å². The first-order chi connectivity index (χ1) is 8.95. The van der Waals surface area contributed by atoms with E-state index in [0.29, 0.717) is 0 Å². The van der Waals surface area contributed by atoms with Gasteiger partial charge in [0, 0.05) is 0 Å². The molecule has 2 nitrogen and oxygen atoms in total. The standard InChI is InChI=1S/C17H29NO/c1-14-9-10-15(17(2,3)4)16(13-14)19-12-8-6-7-11-18-5/h9-10,13,18H,6-8,11-12H2,1-5H3. The Morgan fingerprint density at radius 1 is 1.11 bits per heavy atom. The fraction of sp³-hybridized carbons (Fsp3) is 0.647. The summed E-state index contributed by atoms with van der Waals surface area (Å²) in [6.07, 6.45) is 3.57. The third-order valence-electron chi connectivity index (χ3n) is 3.27. The van der Waals surface area contributed by atoms with Crippen LogP contribution in [0.5, 0.6) is 5.75 Å². The maximum Gasteiger partial charge on any atom is 0.123 e. The molecule has 1 aromatic carbocycles. The van der Waals surface area contributed by atoms with Crippen molar-refractivity contribution in [1.29, 1.82) is 0 Å². The molecule has 108 valence electrons. The largest absolute Gasteiger partial charge is 0.493 e. The molecule has 2 heteroatoms. The molecule has 1 N–H and O–H groups in total. The highest BCUT2D eigenvalue weighted by Crippen LogP contribution is 2.32. The topological polar surface area (TPSA) is 21.3 Å². The van der Waals surface area contributed by atoms with Crippen molar-refractivity contribution in [1.82, 2.24) is 5.32 Å². The van der Waals surface area contributed by atoms with Crippen LogP contribution in [0.3, 0.4) is 0 Å². The molecule has 0 aromatic heterocycles. The fourth-order valence-electron chi connectivity index (χ4n) is 2.13. The molecule has 0 bridgehead atoms. The van der Waals surface area contributed by atoms with Crippen LogP contribution in [0.4, 0.5) is 0 Å². The van der Waals surface area contributed by atoms with E-state index in [1.807, 2.05) is 7.05 Å². The van der Waals surface area contributed by atoms with Crippen molar-refractivity contribution in [2.75, 3.05) is 20.2 Å². The van der Waals surface area contributed by atoms with Crippen LogP contribution in [0, 0.1) is 6.92 Å². The average Bonchev–Trinajstić information content (AvgIpc) is 2.32. The van der Waals surface area contributed by atoms with E-state index in [9.17, 15) is 0 Å². The lowest BCUT2D eigenvalue weighted by molar-refractivity contribution is 0.297. The second-order valence-electron chi connectivity index (χ2n) is 6.26. The van der Waals surface area contributed by atoms with Crippen molar-refractivity contribution in [3.8, 4) is 5.75 Å². The molecule has 0 saturated heterocycles. The number of aryl methyl sites for hydroxylation is 1. The van der Waals surface area contributed by atoms with Gasteiger partial charge in [0.2, 0.25) is 0 Å². The Labute approximate surface area is 118 Å². The molecule has 0 atom stereocenters. The molecule has 0 heterocycles. The minimum absolute atomic E-state index is 0.134. The van der Waals surface area contributed by atoms with Gasteiger partial charge in [0.1, 0.15) is 5.75 Å². The third-order valence-corrected chi connectivity index (χ3v) is 3.27. The molecular weight excluding hydrogens is 234 g/mol. The molecule has 0 unspecified atom stereocenters. The zero-order chi connectivity index (χ0) is 14.3. The zero-order valence-electron chi connectivity index (χ0n) is 13.2. The maximum absolute atomic E-state index is 6.00. The lowest BCUT2D eigenvalue weighted by Crippen LogP contribution is -2.14. The number of hydrogen-bond donors (Lipinski definition) is 1. The van der Waals surface area contributed by atoms with Gasteiger partial charge in [-0.2, -0.15) is 0 Å². The Bertz CT molecular complexity index is 379. The van der Waals surface area contributed by atoms with Crippen molar-refractivity contribution in [2.45, 2.75) is 52.4 Å². The van der Waals surface area contributed by atoms with Crippen molar-refractivity contribution < 1.29 is 4.74 Å². The maximum atomic E-state index is 6.00. The SMILES string of the molecule is CNCCCCCOc1cc(C)ccc1C(C)(C)C. The summed E-state index contributed by atoms with van der Waals surface area (Å²) in [5, 5.41) is 3.17. The smallest absolute Gasteiger partial charge is 0.123 e. The minimum atomic E-state index is 0.134. The molecule has 0 aliphatic carbocycles. The number of rotatable bonds is 7. The van der Waals surface area contributed by atoms with E-state index in [1.165, 1.54) is 24.0 Å². The van der Waals surface area contributed by atoms with Crippen molar-refractivity contribution in [2.24, 2.45) is 0 Å². The molecule has 0 aliphatic rings. The summed E-state index contributed by atoms with van der Waals surface area (Å²) in [6.45, 7) is 10.7. The highest BCUT2D eigenvalue weighted by atomic mass is 16.5. The van der Waals surface area contributed by atoms with Crippen LogP contribution < -0.4 is 10.1 Å². The molecule has 0 fully saturated rings. The highest BCUT2D eigenvalue weighted by Gasteiger charge is 2.18. The van der Waals surface area contributed by atoms with E-state index >= 15 is 0 Å². The summed E-state index contributed by atoms with van der Waals surface area (Å²) in [5.74, 6) is 1.06. The summed E-state index contributed by atoms with van der Waals surface area (Å²) >= 11 is 0. The monoisotopic (exact) mass is 263 g/mol. The van der Waals surface area contributed by atoms with Gasteiger partial charge in [-0.3, -0.25) is 0 Å². The fourth-order valence-corrected chi connectivity index (χ4v) is 2.13. The van der Waals surface area contributed by atoms with Crippen molar-refractivity contribution in [3.63, 3.8) is 0 Å². The van der Waals surface area contributed by atoms with Gasteiger partial charge in [-0.15, -0.1) is 0 Å². The molecule has 1 rings (SSSR count). The number of hydrogen-bond acceptors (Lipinski definition) is 2. The number of ether oxygens (including phenoxy) is 1. The summed E-state index contributed by atoms with van der Waals surface area (Å²) in [7, 11) is 2.00. The van der Waals surface area contributed by atoms with Crippen LogP contribution >= 0.6 is 0 Å². The lowest BCUT2D eigenvalue weighted by Gasteiger charge is -2.23. The van der Waals surface area contributed by atoms with Gasteiger partial charge in [0.25, 0.3) is 0 Å². The molecule has 0 saturated carbocycles. The zero-order valence-corrected chi connectivity index (χ0v) is 13.2. The Morgan fingerprint density at radius 2 is 1.84 bits per heavy atom. The van der Waals surface area contributed by atoms with Crippen molar-refractivity contribution in [3.05, 3.63) is 29.3 Å². The van der Waals surface area contributed by atoms with Crippen LogP contribution in [0.15, 0.2) is 18.2 Å². The van der Waals surface area contributed by atoms with Gasteiger partial charge in [-0.25, -0.2) is 0 Å². The molecule has 0 spiro atoms. The van der Waals surface area contributed by atoms with Crippen molar-refractivity contribution >= 4 is 0 Å². The van der Waals surface area contributed by atoms with Gasteiger partial charge in [-0.05, 0) is 62.4 Å². The van der Waals surface area contributed by atoms with Gasteiger partial charge in [0.15, 0.2) is 0 Å². The number of benzene rings is 1. The van der Waals surface area contributed by atoms with E-state index in [1.54, 1.807) is 0 Å². The summed E-state index contributed by atoms with van der Waals surface area (Å²) < 4.78 is 6.00. The van der Waals surface area contributed by atoms with E-state index in [2.05, 4.69) is 51.2 Å². The normalized spacial score (nSPS) is 11.6. The molecule has 0 radical (unpaired) electrons. The van der Waals surface area contributed by atoms with Gasteiger partial charge < -0.3 is 10.1 Å². The van der Waals surface area contributed by atoms with Crippen LogP contribution in [-0.4, -0.2) is 20.2 Å². The number of unbranched alkanes of at least 4 members (excludes halogenated alkanes) is 2. The minimum Gasteiger partial charge on any atom is -0.493 e. The molecule has 19 heavy (non-hydrogen) atoms. The quantitative estimate of drug-likeness (QED) is 0.749. The first-order valence-corrected chi connectivity index (χ1v) is 7.33. The van der Waals surface area contributed by atoms with E-state index < -0.39 is 0 Å².